The first-order valence-electron chi connectivity index (χ1n) is 6.09. The number of halogens is 1. The molecule has 0 saturated carbocycles. The number of hydrazone groups is 1. The minimum Gasteiger partial charge on any atom is -0.463 e. The Morgan fingerprint density at radius 2 is 2.09 bits per heavy atom. The van der Waals surface area contributed by atoms with Crippen LogP contribution in [-0.2, 0) is 9.59 Å². The maximum absolute atomic E-state index is 11.6. The lowest BCUT2D eigenvalue weighted by Crippen LogP contribution is -2.32. The van der Waals surface area contributed by atoms with E-state index in [1.54, 1.807) is 12.1 Å². The monoisotopic (exact) mass is 336 g/mol. The molecule has 0 unspecified atom stereocenters. The number of benzene rings is 1. The minimum atomic E-state index is -1.05. The van der Waals surface area contributed by atoms with Crippen molar-refractivity contribution < 1.29 is 18.9 Å². The van der Waals surface area contributed by atoms with E-state index in [-0.39, 0.29) is 16.4 Å². The van der Waals surface area contributed by atoms with E-state index < -0.39 is 16.7 Å². The predicted molar refractivity (Wildman–Crippen MR) is 81.2 cm³/mol. The number of hydrogen-bond donors (Lipinski definition) is 2. The topological polar surface area (TPSA) is 127 Å². The molecule has 0 saturated heterocycles. The highest BCUT2D eigenvalue weighted by Gasteiger charge is 2.17. The predicted octanol–water partition coefficient (Wildman–Crippen LogP) is 1.93. The Labute approximate surface area is 134 Å². The summed E-state index contributed by atoms with van der Waals surface area (Å²) in [6.45, 7) is 0. The molecule has 0 aliphatic carbocycles. The van der Waals surface area contributed by atoms with Gasteiger partial charge < -0.3 is 9.73 Å². The molecule has 2 aromatic rings. The fourth-order valence-corrected chi connectivity index (χ4v) is 1.67. The summed E-state index contributed by atoms with van der Waals surface area (Å²) in [5.74, 6) is -1.71. The molecule has 0 radical (unpaired) electrons. The third kappa shape index (κ3) is 4.38. The number of carbonyl (C=O) groups excluding carboxylic acids is 2. The van der Waals surface area contributed by atoms with Crippen molar-refractivity contribution in [3.63, 3.8) is 0 Å². The molecule has 0 aliphatic heterocycles. The fourth-order valence-electron chi connectivity index (χ4n) is 1.49. The lowest BCUT2D eigenvalue weighted by Gasteiger charge is -2.04. The van der Waals surface area contributed by atoms with Crippen LogP contribution in [0, 0.1) is 10.1 Å². The quantitative estimate of drug-likeness (QED) is 0.381. The number of carbonyl (C=O) groups is 2. The molecule has 1 aromatic heterocycles. The van der Waals surface area contributed by atoms with E-state index in [9.17, 15) is 19.7 Å². The second-order valence-electron chi connectivity index (χ2n) is 4.09. The zero-order valence-corrected chi connectivity index (χ0v) is 12.1. The van der Waals surface area contributed by atoms with Crippen LogP contribution in [0.25, 0.3) is 0 Å². The van der Waals surface area contributed by atoms with E-state index in [4.69, 9.17) is 16.0 Å². The molecule has 0 fully saturated rings. The molecule has 2 rings (SSSR count). The summed E-state index contributed by atoms with van der Waals surface area (Å²) in [6.07, 6.45) is 2.63. The summed E-state index contributed by atoms with van der Waals surface area (Å²) in [7, 11) is 0. The highest BCUT2D eigenvalue weighted by Crippen LogP contribution is 2.27. The van der Waals surface area contributed by atoms with Gasteiger partial charge in [0.2, 0.25) is 0 Å². The Bertz CT molecular complexity index is 773. The van der Waals surface area contributed by atoms with Crippen molar-refractivity contribution in [1.29, 1.82) is 0 Å². The maximum atomic E-state index is 11.6. The summed E-state index contributed by atoms with van der Waals surface area (Å²) < 4.78 is 4.94. The van der Waals surface area contributed by atoms with E-state index >= 15 is 0 Å². The van der Waals surface area contributed by atoms with Crippen molar-refractivity contribution in [1.82, 2.24) is 5.43 Å². The molecule has 0 atom stereocenters. The third-order valence-corrected chi connectivity index (χ3v) is 2.83. The number of nitro benzene ring substituents is 1. The summed E-state index contributed by atoms with van der Waals surface area (Å²) in [5, 5.41) is 16.4. The van der Waals surface area contributed by atoms with Gasteiger partial charge in [0.15, 0.2) is 0 Å². The number of furan rings is 1. The first-order valence-corrected chi connectivity index (χ1v) is 6.47. The molecule has 1 heterocycles. The molecule has 2 amide bonds. The third-order valence-electron chi connectivity index (χ3n) is 2.51. The van der Waals surface area contributed by atoms with E-state index in [1.165, 1.54) is 24.6 Å². The molecule has 9 nitrogen and oxygen atoms in total. The van der Waals surface area contributed by atoms with Gasteiger partial charge in [0, 0.05) is 11.8 Å². The summed E-state index contributed by atoms with van der Waals surface area (Å²) >= 11 is 5.65. The number of amides is 2. The number of nitrogens with zero attached hydrogens (tertiary/aromatic N) is 2. The molecule has 10 heteroatoms. The van der Waals surface area contributed by atoms with Gasteiger partial charge >= 0.3 is 11.8 Å². The van der Waals surface area contributed by atoms with Crippen molar-refractivity contribution in [2.24, 2.45) is 5.10 Å². The molecular weight excluding hydrogens is 328 g/mol. The van der Waals surface area contributed by atoms with Crippen LogP contribution in [0.5, 0.6) is 0 Å². The largest absolute Gasteiger partial charge is 0.463 e. The first-order chi connectivity index (χ1) is 11.0. The van der Waals surface area contributed by atoms with Crippen molar-refractivity contribution in [2.75, 3.05) is 5.32 Å². The molecule has 23 heavy (non-hydrogen) atoms. The van der Waals surface area contributed by atoms with E-state index in [1.807, 2.05) is 5.43 Å². The van der Waals surface area contributed by atoms with Gasteiger partial charge in [0.05, 0.1) is 17.4 Å². The summed E-state index contributed by atoms with van der Waals surface area (Å²) in [6, 6.07) is 6.83. The Morgan fingerprint density at radius 1 is 1.30 bits per heavy atom. The Morgan fingerprint density at radius 3 is 2.74 bits per heavy atom. The van der Waals surface area contributed by atoms with E-state index in [0.717, 1.165) is 6.07 Å². The number of nitro groups is 1. The first kappa shape index (κ1) is 16.2. The van der Waals surface area contributed by atoms with Crippen molar-refractivity contribution >= 4 is 41.0 Å². The van der Waals surface area contributed by atoms with Gasteiger partial charge in [-0.05, 0) is 24.3 Å². The normalized spacial score (nSPS) is 10.5. The fraction of sp³-hybridized carbons (Fsp3) is 0. The summed E-state index contributed by atoms with van der Waals surface area (Å²) in [4.78, 5) is 33.2. The van der Waals surface area contributed by atoms with Crippen LogP contribution in [-0.4, -0.2) is 23.0 Å². The zero-order valence-electron chi connectivity index (χ0n) is 11.4. The van der Waals surface area contributed by atoms with Gasteiger partial charge in [0.25, 0.3) is 5.69 Å². The standard InChI is InChI=1S/C13H9ClN4O5/c14-10-4-3-8(6-11(10)18(21)22)16-12(19)13(20)17-15-7-9-2-1-5-23-9/h1-7H,(H,16,19)(H,17,20)/b15-7-. The average Bonchev–Trinajstić information content (AvgIpc) is 3.02. The number of hydrogen-bond acceptors (Lipinski definition) is 6. The highest BCUT2D eigenvalue weighted by molar-refractivity contribution is 6.39. The SMILES string of the molecule is O=C(N/N=C\c1ccco1)C(=O)Nc1ccc(Cl)c([N+](=O)[O-])c1. The van der Waals surface area contributed by atoms with Gasteiger partial charge in [-0.1, -0.05) is 11.6 Å². The van der Waals surface area contributed by atoms with E-state index in [2.05, 4.69) is 10.4 Å². The molecule has 2 N–H and O–H groups in total. The molecule has 118 valence electrons. The van der Waals surface area contributed by atoms with Crippen LogP contribution in [0.1, 0.15) is 5.76 Å². The second kappa shape index (κ2) is 7.18. The van der Waals surface area contributed by atoms with Crippen LogP contribution in [0.2, 0.25) is 5.02 Å². The smallest absolute Gasteiger partial charge is 0.329 e. The molecule has 0 aliphatic rings. The summed E-state index contributed by atoms with van der Waals surface area (Å²) in [5.41, 5.74) is 1.65. The second-order valence-corrected chi connectivity index (χ2v) is 4.50. The van der Waals surface area contributed by atoms with Crippen LogP contribution in [0.3, 0.4) is 0 Å². The molecule has 0 bridgehead atoms. The zero-order chi connectivity index (χ0) is 16.8. The number of anilines is 1. The van der Waals surface area contributed by atoms with Gasteiger partial charge in [-0.15, -0.1) is 0 Å². The number of nitrogens with one attached hydrogen (secondary N) is 2. The minimum absolute atomic E-state index is 0.0521. The maximum Gasteiger partial charge on any atom is 0.329 e. The van der Waals surface area contributed by atoms with Gasteiger partial charge in [-0.3, -0.25) is 19.7 Å². The van der Waals surface area contributed by atoms with Gasteiger partial charge in [-0.2, -0.15) is 5.10 Å². The Kier molecular flexibility index (Phi) is 5.05. The van der Waals surface area contributed by atoms with E-state index in [0.29, 0.717) is 5.76 Å². The molecular formula is C13H9ClN4O5. The van der Waals surface area contributed by atoms with Crippen LogP contribution in [0.4, 0.5) is 11.4 Å². The Balaban J connectivity index is 1.97. The van der Waals surface area contributed by atoms with Crippen molar-refractivity contribution in [3.05, 3.63) is 57.5 Å². The van der Waals surface area contributed by atoms with Crippen LogP contribution < -0.4 is 10.7 Å². The van der Waals surface area contributed by atoms with Gasteiger partial charge in [-0.25, -0.2) is 5.43 Å². The molecule has 1 aromatic carbocycles. The Hall–Kier alpha value is -3.20. The van der Waals surface area contributed by atoms with Crippen LogP contribution in [0.15, 0.2) is 46.1 Å². The molecule has 0 spiro atoms. The van der Waals surface area contributed by atoms with Crippen LogP contribution >= 0.6 is 11.6 Å². The lowest BCUT2D eigenvalue weighted by molar-refractivity contribution is -0.384. The number of rotatable bonds is 4. The van der Waals surface area contributed by atoms with Gasteiger partial charge in [0.1, 0.15) is 10.8 Å². The van der Waals surface area contributed by atoms with Crippen molar-refractivity contribution in [3.8, 4) is 0 Å². The average molecular weight is 337 g/mol. The highest BCUT2D eigenvalue weighted by atomic mass is 35.5. The lowest BCUT2D eigenvalue weighted by atomic mass is 10.3. The van der Waals surface area contributed by atoms with Crippen molar-refractivity contribution in [2.45, 2.75) is 0 Å².